The van der Waals surface area contributed by atoms with Crippen LogP contribution in [0.15, 0.2) is 11.4 Å². The highest BCUT2D eigenvalue weighted by Gasteiger charge is 2.42. The van der Waals surface area contributed by atoms with Gasteiger partial charge in [0.25, 0.3) is 0 Å². The van der Waals surface area contributed by atoms with Crippen LogP contribution >= 0.6 is 11.3 Å². The minimum Gasteiger partial charge on any atom is -0.394 e. The minimum absolute atomic E-state index is 0.152. The standard InChI is InChI=1S/C12H16N4OS/c1-2-13-11-14-9(16-12(7-17)4-5-12)8-3-6-18-10(8)15-11/h3,6,17H,2,4-5,7H2,1H3,(H2,13,14,15,16). The summed E-state index contributed by atoms with van der Waals surface area (Å²) in [5.41, 5.74) is -0.160. The van der Waals surface area contributed by atoms with Crippen molar-refractivity contribution in [3.63, 3.8) is 0 Å². The molecule has 0 unspecified atom stereocenters. The van der Waals surface area contributed by atoms with Gasteiger partial charge in [0.1, 0.15) is 10.6 Å². The van der Waals surface area contributed by atoms with Crippen LogP contribution in [0.4, 0.5) is 11.8 Å². The lowest BCUT2D eigenvalue weighted by Crippen LogP contribution is -2.26. The predicted octanol–water partition coefficient (Wildman–Crippen LogP) is 2.06. The first kappa shape index (κ1) is 11.7. The molecule has 0 amide bonds. The molecule has 0 saturated heterocycles. The molecule has 0 atom stereocenters. The van der Waals surface area contributed by atoms with Gasteiger partial charge in [-0.2, -0.15) is 4.98 Å². The van der Waals surface area contributed by atoms with Gasteiger partial charge in [0.2, 0.25) is 5.95 Å². The zero-order chi connectivity index (χ0) is 12.6. The summed E-state index contributed by atoms with van der Waals surface area (Å²) in [6, 6.07) is 2.02. The van der Waals surface area contributed by atoms with Crippen LogP contribution in [-0.4, -0.2) is 33.8 Å². The Morgan fingerprint density at radius 3 is 2.94 bits per heavy atom. The average molecular weight is 264 g/mol. The number of aromatic nitrogens is 2. The molecule has 0 aliphatic heterocycles. The largest absolute Gasteiger partial charge is 0.394 e. The number of aliphatic hydroxyl groups is 1. The third kappa shape index (κ3) is 2.02. The molecule has 0 radical (unpaired) electrons. The zero-order valence-corrected chi connectivity index (χ0v) is 11.0. The van der Waals surface area contributed by atoms with Crippen LogP contribution in [0.2, 0.25) is 0 Å². The van der Waals surface area contributed by atoms with Crippen molar-refractivity contribution in [1.82, 2.24) is 9.97 Å². The lowest BCUT2D eigenvalue weighted by atomic mass is 10.2. The van der Waals surface area contributed by atoms with E-state index in [-0.39, 0.29) is 12.1 Å². The number of nitrogens with zero attached hydrogens (tertiary/aromatic N) is 2. The Kier molecular flexibility index (Phi) is 2.83. The fourth-order valence-corrected chi connectivity index (χ4v) is 2.68. The molecule has 3 rings (SSSR count). The molecule has 3 N–H and O–H groups in total. The van der Waals surface area contributed by atoms with Crippen molar-refractivity contribution in [2.45, 2.75) is 25.3 Å². The van der Waals surface area contributed by atoms with E-state index in [0.29, 0.717) is 5.95 Å². The summed E-state index contributed by atoms with van der Waals surface area (Å²) in [5, 5.41) is 18.9. The van der Waals surface area contributed by atoms with E-state index in [1.165, 1.54) is 0 Å². The molecule has 2 aromatic heterocycles. The molecular weight excluding hydrogens is 248 g/mol. The van der Waals surface area contributed by atoms with Crippen LogP contribution in [0.3, 0.4) is 0 Å². The quantitative estimate of drug-likeness (QED) is 0.771. The highest BCUT2D eigenvalue weighted by Crippen LogP contribution is 2.40. The molecule has 1 saturated carbocycles. The highest BCUT2D eigenvalue weighted by atomic mass is 32.1. The predicted molar refractivity (Wildman–Crippen MR) is 74.3 cm³/mol. The Balaban J connectivity index is 2.00. The topological polar surface area (TPSA) is 70.1 Å². The SMILES string of the molecule is CCNc1nc(NC2(CO)CC2)c2ccsc2n1. The van der Waals surface area contributed by atoms with Gasteiger partial charge in [-0.25, -0.2) is 4.98 Å². The zero-order valence-electron chi connectivity index (χ0n) is 10.2. The second-order valence-corrected chi connectivity index (χ2v) is 5.52. The van der Waals surface area contributed by atoms with Gasteiger partial charge in [-0.1, -0.05) is 0 Å². The monoisotopic (exact) mass is 264 g/mol. The molecule has 0 aromatic carbocycles. The maximum atomic E-state index is 9.39. The first-order valence-corrected chi connectivity index (χ1v) is 7.02. The molecule has 5 nitrogen and oxygen atoms in total. The van der Waals surface area contributed by atoms with Crippen molar-refractivity contribution in [2.24, 2.45) is 0 Å². The van der Waals surface area contributed by atoms with E-state index in [2.05, 4.69) is 20.6 Å². The maximum Gasteiger partial charge on any atom is 0.226 e. The minimum atomic E-state index is -0.160. The summed E-state index contributed by atoms with van der Waals surface area (Å²) in [5.74, 6) is 1.47. The molecule has 2 aromatic rings. The number of hydrogen-bond donors (Lipinski definition) is 3. The summed E-state index contributed by atoms with van der Waals surface area (Å²) >= 11 is 1.60. The molecular formula is C12H16N4OS. The number of rotatable bonds is 5. The van der Waals surface area contributed by atoms with Crippen LogP contribution in [0, 0.1) is 0 Å². The Labute approximate surface area is 109 Å². The summed E-state index contributed by atoms with van der Waals surface area (Å²) < 4.78 is 0. The third-order valence-corrected chi connectivity index (χ3v) is 4.01. The van der Waals surface area contributed by atoms with Crippen molar-refractivity contribution in [3.05, 3.63) is 11.4 Å². The van der Waals surface area contributed by atoms with Gasteiger partial charge in [-0.05, 0) is 31.2 Å². The van der Waals surface area contributed by atoms with Crippen molar-refractivity contribution in [3.8, 4) is 0 Å². The summed E-state index contributed by atoms with van der Waals surface area (Å²) in [4.78, 5) is 9.92. The van der Waals surface area contributed by atoms with E-state index in [9.17, 15) is 5.11 Å². The second-order valence-electron chi connectivity index (χ2n) is 4.63. The molecule has 96 valence electrons. The van der Waals surface area contributed by atoms with Gasteiger partial charge >= 0.3 is 0 Å². The molecule has 0 bridgehead atoms. The van der Waals surface area contributed by atoms with E-state index < -0.39 is 0 Å². The van der Waals surface area contributed by atoms with Crippen LogP contribution < -0.4 is 10.6 Å². The van der Waals surface area contributed by atoms with E-state index in [1.807, 2.05) is 18.4 Å². The van der Waals surface area contributed by atoms with E-state index in [0.717, 1.165) is 35.4 Å². The van der Waals surface area contributed by atoms with Gasteiger partial charge < -0.3 is 15.7 Å². The summed E-state index contributed by atoms with van der Waals surface area (Å²) in [7, 11) is 0. The van der Waals surface area contributed by atoms with Gasteiger partial charge in [0.05, 0.1) is 17.5 Å². The molecule has 18 heavy (non-hydrogen) atoms. The first-order chi connectivity index (χ1) is 8.76. The Morgan fingerprint density at radius 1 is 1.44 bits per heavy atom. The number of fused-ring (bicyclic) bond motifs is 1. The van der Waals surface area contributed by atoms with E-state index in [4.69, 9.17) is 0 Å². The molecule has 2 heterocycles. The third-order valence-electron chi connectivity index (χ3n) is 3.20. The normalized spacial score (nSPS) is 16.8. The number of thiophene rings is 1. The summed E-state index contributed by atoms with van der Waals surface area (Å²) in [6.07, 6.45) is 1.99. The van der Waals surface area contributed by atoms with Crippen molar-refractivity contribution >= 4 is 33.3 Å². The number of hydrogen-bond acceptors (Lipinski definition) is 6. The molecule has 1 fully saturated rings. The number of nitrogens with one attached hydrogen (secondary N) is 2. The van der Waals surface area contributed by atoms with Crippen LogP contribution in [-0.2, 0) is 0 Å². The number of anilines is 2. The molecule has 1 aliphatic rings. The lowest BCUT2D eigenvalue weighted by molar-refractivity contribution is 0.266. The smallest absolute Gasteiger partial charge is 0.226 e. The fourth-order valence-electron chi connectivity index (χ4n) is 1.91. The molecule has 0 spiro atoms. The second kappa shape index (κ2) is 4.37. The van der Waals surface area contributed by atoms with Gasteiger partial charge in [0.15, 0.2) is 0 Å². The van der Waals surface area contributed by atoms with Gasteiger partial charge in [-0.3, -0.25) is 0 Å². The van der Waals surface area contributed by atoms with Crippen LogP contribution in [0.1, 0.15) is 19.8 Å². The van der Waals surface area contributed by atoms with Crippen LogP contribution in [0.25, 0.3) is 10.2 Å². The lowest BCUT2D eigenvalue weighted by Gasteiger charge is -2.16. The molecule has 1 aliphatic carbocycles. The van der Waals surface area contributed by atoms with Crippen molar-refractivity contribution in [1.29, 1.82) is 0 Å². The van der Waals surface area contributed by atoms with Gasteiger partial charge in [-0.15, -0.1) is 11.3 Å². The maximum absolute atomic E-state index is 9.39. The van der Waals surface area contributed by atoms with Crippen molar-refractivity contribution < 1.29 is 5.11 Å². The van der Waals surface area contributed by atoms with Crippen molar-refractivity contribution in [2.75, 3.05) is 23.8 Å². The Bertz CT molecular complexity index is 564. The fraction of sp³-hybridized carbons (Fsp3) is 0.500. The Morgan fingerprint density at radius 2 is 2.28 bits per heavy atom. The van der Waals surface area contributed by atoms with Crippen LogP contribution in [0.5, 0.6) is 0 Å². The first-order valence-electron chi connectivity index (χ1n) is 6.14. The highest BCUT2D eigenvalue weighted by molar-refractivity contribution is 7.16. The summed E-state index contributed by atoms with van der Waals surface area (Å²) in [6.45, 7) is 2.96. The molecule has 6 heteroatoms. The number of aliphatic hydroxyl groups excluding tert-OH is 1. The average Bonchev–Trinajstić information content (AvgIpc) is 2.97. The van der Waals surface area contributed by atoms with E-state index in [1.54, 1.807) is 11.3 Å². The van der Waals surface area contributed by atoms with E-state index >= 15 is 0 Å². The van der Waals surface area contributed by atoms with Gasteiger partial charge in [0, 0.05) is 6.54 Å². The Hall–Kier alpha value is -1.40.